The lowest BCUT2D eigenvalue weighted by atomic mass is 10.2. The molecule has 13 heavy (non-hydrogen) atoms. The molecule has 1 heterocycles. The van der Waals surface area contributed by atoms with Crippen molar-refractivity contribution in [3.05, 3.63) is 53.6 Å². The standard InChI is InChI=1S/C10H7ClO2/c11-10-9(12-6-7-13-10)8-4-2-1-3-5-8/h1-7H. The van der Waals surface area contributed by atoms with Crippen LogP contribution < -0.4 is 0 Å². The fourth-order valence-corrected chi connectivity index (χ4v) is 1.26. The first-order valence-electron chi connectivity index (χ1n) is 3.81. The second-order valence-corrected chi connectivity index (χ2v) is 2.82. The van der Waals surface area contributed by atoms with Crippen molar-refractivity contribution in [1.82, 2.24) is 0 Å². The number of halogens is 1. The summed E-state index contributed by atoms with van der Waals surface area (Å²) in [5.74, 6) is 0.546. The lowest BCUT2D eigenvalue weighted by molar-refractivity contribution is 0.300. The lowest BCUT2D eigenvalue weighted by Crippen LogP contribution is -1.95. The molecule has 0 saturated carbocycles. The molecule has 1 aliphatic heterocycles. The van der Waals surface area contributed by atoms with Crippen LogP contribution in [0.1, 0.15) is 5.56 Å². The third-order valence-electron chi connectivity index (χ3n) is 1.63. The molecule has 1 aliphatic rings. The van der Waals surface area contributed by atoms with Crippen molar-refractivity contribution >= 4 is 17.4 Å². The molecule has 0 unspecified atom stereocenters. The van der Waals surface area contributed by atoms with Gasteiger partial charge in [0.25, 0.3) is 0 Å². The third-order valence-corrected chi connectivity index (χ3v) is 1.89. The van der Waals surface area contributed by atoms with E-state index in [9.17, 15) is 0 Å². The molecule has 0 fully saturated rings. The predicted molar refractivity (Wildman–Crippen MR) is 50.5 cm³/mol. The minimum Gasteiger partial charge on any atom is -0.456 e. The summed E-state index contributed by atoms with van der Waals surface area (Å²) in [7, 11) is 0. The first kappa shape index (κ1) is 8.20. The summed E-state index contributed by atoms with van der Waals surface area (Å²) in [5.41, 5.74) is 0.900. The molecular weight excluding hydrogens is 188 g/mol. The fourth-order valence-electron chi connectivity index (χ4n) is 1.05. The molecule has 0 saturated heterocycles. The highest BCUT2D eigenvalue weighted by molar-refractivity contribution is 6.31. The molecule has 1 aromatic rings. The quantitative estimate of drug-likeness (QED) is 0.684. The van der Waals surface area contributed by atoms with E-state index in [0.717, 1.165) is 5.56 Å². The topological polar surface area (TPSA) is 18.5 Å². The monoisotopic (exact) mass is 194 g/mol. The van der Waals surface area contributed by atoms with Crippen molar-refractivity contribution in [2.75, 3.05) is 0 Å². The average Bonchev–Trinajstić information content (AvgIpc) is 2.20. The van der Waals surface area contributed by atoms with Gasteiger partial charge >= 0.3 is 0 Å². The maximum absolute atomic E-state index is 5.80. The van der Waals surface area contributed by atoms with Crippen LogP contribution in [-0.4, -0.2) is 0 Å². The van der Waals surface area contributed by atoms with Crippen LogP contribution in [-0.2, 0) is 9.47 Å². The van der Waals surface area contributed by atoms with Crippen molar-refractivity contribution in [2.45, 2.75) is 0 Å². The summed E-state index contributed by atoms with van der Waals surface area (Å²) in [4.78, 5) is 0. The number of rotatable bonds is 1. The third kappa shape index (κ3) is 1.68. The van der Waals surface area contributed by atoms with Gasteiger partial charge in [0.15, 0.2) is 5.76 Å². The van der Waals surface area contributed by atoms with Crippen LogP contribution in [0.15, 0.2) is 48.1 Å². The second-order valence-electron chi connectivity index (χ2n) is 2.48. The Morgan fingerprint density at radius 3 is 2.31 bits per heavy atom. The molecule has 0 N–H and O–H groups in total. The molecule has 2 nitrogen and oxygen atoms in total. The molecule has 0 amide bonds. The normalized spacial score (nSPS) is 15.2. The smallest absolute Gasteiger partial charge is 0.236 e. The van der Waals surface area contributed by atoms with Gasteiger partial charge in [0.1, 0.15) is 12.5 Å². The van der Waals surface area contributed by atoms with Gasteiger partial charge in [-0.25, -0.2) is 0 Å². The van der Waals surface area contributed by atoms with Crippen LogP contribution in [0.5, 0.6) is 0 Å². The van der Waals surface area contributed by atoms with E-state index in [2.05, 4.69) is 0 Å². The Morgan fingerprint density at radius 2 is 1.62 bits per heavy atom. The number of hydrogen-bond donors (Lipinski definition) is 0. The fraction of sp³-hybridized carbons (Fsp3) is 0. The van der Waals surface area contributed by atoms with Crippen LogP contribution in [0, 0.1) is 0 Å². The van der Waals surface area contributed by atoms with Crippen LogP contribution in [0.4, 0.5) is 0 Å². The predicted octanol–water partition coefficient (Wildman–Crippen LogP) is 3.07. The van der Waals surface area contributed by atoms with Gasteiger partial charge in [0.05, 0.1) is 0 Å². The van der Waals surface area contributed by atoms with E-state index in [1.807, 2.05) is 30.3 Å². The highest BCUT2D eigenvalue weighted by Gasteiger charge is 2.11. The van der Waals surface area contributed by atoms with E-state index in [1.165, 1.54) is 12.5 Å². The van der Waals surface area contributed by atoms with Gasteiger partial charge in [-0.2, -0.15) is 0 Å². The Balaban J connectivity index is 2.36. The number of hydrogen-bond acceptors (Lipinski definition) is 2. The van der Waals surface area contributed by atoms with Crippen molar-refractivity contribution in [3.63, 3.8) is 0 Å². The second kappa shape index (κ2) is 3.54. The number of ether oxygens (including phenoxy) is 2. The van der Waals surface area contributed by atoms with E-state index in [0.29, 0.717) is 5.76 Å². The molecule has 1 aromatic carbocycles. The minimum atomic E-state index is 0.258. The lowest BCUT2D eigenvalue weighted by Gasteiger charge is -2.12. The highest BCUT2D eigenvalue weighted by atomic mass is 35.5. The molecule has 2 rings (SSSR count). The maximum Gasteiger partial charge on any atom is 0.236 e. The zero-order chi connectivity index (χ0) is 9.10. The molecule has 3 heteroatoms. The van der Waals surface area contributed by atoms with Gasteiger partial charge in [0, 0.05) is 5.56 Å². The summed E-state index contributed by atoms with van der Waals surface area (Å²) in [6, 6.07) is 9.56. The summed E-state index contributed by atoms with van der Waals surface area (Å²) in [6.07, 6.45) is 2.85. The Labute approximate surface area is 81.0 Å². The van der Waals surface area contributed by atoms with E-state index in [1.54, 1.807) is 0 Å². The largest absolute Gasteiger partial charge is 0.456 e. The first-order chi connectivity index (χ1) is 6.38. The van der Waals surface area contributed by atoms with Gasteiger partial charge in [-0.15, -0.1) is 0 Å². The van der Waals surface area contributed by atoms with E-state index >= 15 is 0 Å². The summed E-state index contributed by atoms with van der Waals surface area (Å²) < 4.78 is 10.2. The molecule has 0 aromatic heterocycles. The SMILES string of the molecule is ClC1=C(c2ccccc2)OC=CO1. The zero-order valence-electron chi connectivity index (χ0n) is 6.74. The maximum atomic E-state index is 5.80. The van der Waals surface area contributed by atoms with Gasteiger partial charge in [-0.1, -0.05) is 30.3 Å². The van der Waals surface area contributed by atoms with Crippen molar-refractivity contribution in [2.24, 2.45) is 0 Å². The van der Waals surface area contributed by atoms with E-state index in [-0.39, 0.29) is 5.22 Å². The van der Waals surface area contributed by atoms with Crippen molar-refractivity contribution in [1.29, 1.82) is 0 Å². The van der Waals surface area contributed by atoms with Gasteiger partial charge in [-0.3, -0.25) is 0 Å². The average molecular weight is 195 g/mol. The van der Waals surface area contributed by atoms with Crippen LogP contribution in [0.2, 0.25) is 0 Å². The van der Waals surface area contributed by atoms with Crippen LogP contribution >= 0.6 is 11.6 Å². The van der Waals surface area contributed by atoms with Gasteiger partial charge in [0.2, 0.25) is 5.22 Å². The molecule has 0 atom stereocenters. The summed E-state index contributed by atoms with van der Waals surface area (Å²) >= 11 is 5.80. The summed E-state index contributed by atoms with van der Waals surface area (Å²) in [5, 5.41) is 0.258. The van der Waals surface area contributed by atoms with E-state index < -0.39 is 0 Å². The summed E-state index contributed by atoms with van der Waals surface area (Å²) in [6.45, 7) is 0. The molecule has 0 aliphatic carbocycles. The zero-order valence-corrected chi connectivity index (χ0v) is 7.49. The Kier molecular flexibility index (Phi) is 2.23. The Morgan fingerprint density at radius 1 is 0.923 bits per heavy atom. The molecule has 0 bridgehead atoms. The Bertz CT molecular complexity index is 354. The van der Waals surface area contributed by atoms with Crippen LogP contribution in [0.25, 0.3) is 5.76 Å². The van der Waals surface area contributed by atoms with Crippen molar-refractivity contribution < 1.29 is 9.47 Å². The van der Waals surface area contributed by atoms with Gasteiger partial charge < -0.3 is 9.47 Å². The first-order valence-corrected chi connectivity index (χ1v) is 4.19. The minimum absolute atomic E-state index is 0.258. The molecular formula is C10H7ClO2. The van der Waals surface area contributed by atoms with Crippen LogP contribution in [0.3, 0.4) is 0 Å². The molecule has 66 valence electrons. The van der Waals surface area contributed by atoms with E-state index in [4.69, 9.17) is 21.1 Å². The highest BCUT2D eigenvalue weighted by Crippen LogP contribution is 2.26. The molecule has 0 spiro atoms. The molecule has 0 radical (unpaired) electrons. The van der Waals surface area contributed by atoms with Crippen molar-refractivity contribution in [3.8, 4) is 0 Å². The Hall–Kier alpha value is -1.41. The van der Waals surface area contributed by atoms with Gasteiger partial charge in [-0.05, 0) is 11.6 Å². The number of benzene rings is 1.